The van der Waals surface area contributed by atoms with Crippen molar-refractivity contribution in [3.05, 3.63) is 96.5 Å². The highest BCUT2D eigenvalue weighted by Gasteiger charge is 2.16. The number of carbonyl (C=O) groups is 1. The van der Waals surface area contributed by atoms with Gasteiger partial charge in [-0.2, -0.15) is 0 Å². The first-order valence-corrected chi connectivity index (χ1v) is 10.9. The Hall–Kier alpha value is -4.24. The first kappa shape index (κ1) is 21.0. The fraction of sp³-hybridized carbons (Fsp3) is 0. The molecule has 2 aromatic carbocycles. The van der Waals surface area contributed by atoms with E-state index in [1.54, 1.807) is 36.4 Å². The quantitative estimate of drug-likeness (QED) is 0.322. The van der Waals surface area contributed by atoms with Crippen LogP contribution < -0.4 is 4.72 Å². The summed E-state index contributed by atoms with van der Waals surface area (Å²) in [6, 6.07) is 17.1. The molecule has 0 aliphatic carbocycles. The van der Waals surface area contributed by atoms with E-state index in [2.05, 4.69) is 14.7 Å². The second kappa shape index (κ2) is 8.86. The van der Waals surface area contributed by atoms with Gasteiger partial charge in [0.05, 0.1) is 4.90 Å². The molecule has 8 nitrogen and oxygen atoms in total. The Morgan fingerprint density at radius 1 is 0.938 bits per heavy atom. The van der Waals surface area contributed by atoms with Crippen molar-refractivity contribution in [1.29, 1.82) is 0 Å². The molecule has 4 aromatic rings. The van der Waals surface area contributed by atoms with Crippen LogP contribution in [0.25, 0.3) is 17.4 Å². The van der Waals surface area contributed by atoms with Crippen LogP contribution in [0.2, 0.25) is 0 Å². The minimum absolute atomic E-state index is 0.0131. The van der Waals surface area contributed by atoms with Crippen LogP contribution in [0.3, 0.4) is 0 Å². The zero-order valence-electron chi connectivity index (χ0n) is 16.5. The van der Waals surface area contributed by atoms with Crippen LogP contribution in [-0.2, 0) is 10.0 Å². The molecule has 2 aromatic heterocycles. The van der Waals surface area contributed by atoms with Gasteiger partial charge in [-0.05, 0) is 78.9 Å². The van der Waals surface area contributed by atoms with E-state index in [0.717, 1.165) is 0 Å². The number of aromatic hydroxyl groups is 1. The van der Waals surface area contributed by atoms with Gasteiger partial charge in [-0.1, -0.05) is 0 Å². The van der Waals surface area contributed by atoms with Crippen LogP contribution in [0.4, 0.5) is 5.95 Å². The van der Waals surface area contributed by atoms with Gasteiger partial charge in [0.1, 0.15) is 17.3 Å². The van der Waals surface area contributed by atoms with Crippen molar-refractivity contribution in [3.63, 3.8) is 0 Å². The number of carbonyl (C=O) groups excluding carboxylic acids is 1. The summed E-state index contributed by atoms with van der Waals surface area (Å²) in [5, 5.41) is 9.30. The lowest BCUT2D eigenvalue weighted by molar-refractivity contribution is 0.104. The van der Waals surface area contributed by atoms with Crippen molar-refractivity contribution >= 4 is 27.8 Å². The van der Waals surface area contributed by atoms with Crippen LogP contribution in [-0.4, -0.2) is 29.3 Å². The predicted molar refractivity (Wildman–Crippen MR) is 118 cm³/mol. The standard InChI is InChI=1S/C23H17N3O5S/c27-18-6-2-16(3-7-18)21(28)12-8-19-9-13-22(31-19)17-4-10-20(11-5-17)32(29,30)26-23-24-14-1-15-25-23/h1-15,27H,(H,24,25,26)/b12-8+. The van der Waals surface area contributed by atoms with E-state index in [1.165, 1.54) is 54.9 Å². The normalized spacial score (nSPS) is 11.5. The number of rotatable bonds is 7. The maximum atomic E-state index is 12.5. The van der Waals surface area contributed by atoms with Gasteiger partial charge in [0.15, 0.2) is 5.78 Å². The van der Waals surface area contributed by atoms with Gasteiger partial charge in [0.2, 0.25) is 5.95 Å². The molecular weight excluding hydrogens is 430 g/mol. The number of furan rings is 1. The number of hydrogen-bond donors (Lipinski definition) is 2. The second-order valence-electron chi connectivity index (χ2n) is 6.65. The molecule has 0 atom stereocenters. The van der Waals surface area contributed by atoms with E-state index in [0.29, 0.717) is 22.6 Å². The number of benzene rings is 2. The number of hydrogen-bond acceptors (Lipinski definition) is 7. The Labute approximate surface area is 184 Å². The van der Waals surface area contributed by atoms with Gasteiger partial charge >= 0.3 is 0 Å². The Morgan fingerprint density at radius 2 is 1.62 bits per heavy atom. The van der Waals surface area contributed by atoms with Gasteiger partial charge in [-0.25, -0.2) is 23.1 Å². The molecule has 0 fully saturated rings. The lowest BCUT2D eigenvalue weighted by Gasteiger charge is -2.06. The minimum atomic E-state index is -3.82. The van der Waals surface area contributed by atoms with Crippen molar-refractivity contribution in [2.75, 3.05) is 4.72 Å². The van der Waals surface area contributed by atoms with Crippen molar-refractivity contribution in [2.45, 2.75) is 4.90 Å². The highest BCUT2D eigenvalue weighted by Crippen LogP contribution is 2.25. The Balaban J connectivity index is 1.46. The second-order valence-corrected chi connectivity index (χ2v) is 8.33. The molecule has 0 saturated heterocycles. The molecule has 9 heteroatoms. The number of anilines is 1. The summed E-state index contributed by atoms with van der Waals surface area (Å²) in [5.41, 5.74) is 1.11. The first-order valence-electron chi connectivity index (χ1n) is 9.42. The topological polar surface area (TPSA) is 122 Å². The summed E-state index contributed by atoms with van der Waals surface area (Å²) in [6.07, 6.45) is 5.80. The molecule has 160 valence electrons. The summed E-state index contributed by atoms with van der Waals surface area (Å²) in [7, 11) is -3.82. The average molecular weight is 447 g/mol. The van der Waals surface area contributed by atoms with Gasteiger partial charge < -0.3 is 9.52 Å². The number of phenolic OH excluding ortho intramolecular Hbond substituents is 1. The zero-order chi connectivity index (χ0) is 22.6. The number of aromatic nitrogens is 2. The smallest absolute Gasteiger partial charge is 0.264 e. The van der Waals surface area contributed by atoms with Gasteiger partial charge in [0, 0.05) is 23.5 Å². The van der Waals surface area contributed by atoms with Crippen LogP contribution >= 0.6 is 0 Å². The number of allylic oxidation sites excluding steroid dienone is 1. The van der Waals surface area contributed by atoms with E-state index in [1.807, 2.05) is 0 Å². The maximum absolute atomic E-state index is 12.5. The van der Waals surface area contributed by atoms with Crippen LogP contribution in [0.15, 0.2) is 94.5 Å². The molecule has 0 amide bonds. The van der Waals surface area contributed by atoms with Crippen LogP contribution in [0, 0.1) is 0 Å². The number of ketones is 1. The maximum Gasteiger partial charge on any atom is 0.264 e. The van der Waals surface area contributed by atoms with Gasteiger partial charge in [0.25, 0.3) is 10.0 Å². The average Bonchev–Trinajstić information content (AvgIpc) is 3.27. The minimum Gasteiger partial charge on any atom is -0.508 e. The number of sulfonamides is 1. The van der Waals surface area contributed by atoms with Gasteiger partial charge in [-0.15, -0.1) is 0 Å². The Bertz CT molecular complexity index is 1360. The summed E-state index contributed by atoms with van der Waals surface area (Å²) < 4.78 is 33.0. The fourth-order valence-corrected chi connectivity index (χ4v) is 3.76. The molecule has 0 spiro atoms. The number of phenols is 1. The number of nitrogens with one attached hydrogen (secondary N) is 1. The van der Waals surface area contributed by atoms with Crippen LogP contribution in [0.5, 0.6) is 5.75 Å². The molecule has 2 heterocycles. The largest absolute Gasteiger partial charge is 0.508 e. The molecule has 2 N–H and O–H groups in total. The first-order chi connectivity index (χ1) is 15.4. The lowest BCUT2D eigenvalue weighted by Crippen LogP contribution is -2.14. The van der Waals surface area contributed by atoms with Gasteiger partial charge in [-0.3, -0.25) is 4.79 Å². The monoisotopic (exact) mass is 447 g/mol. The lowest BCUT2D eigenvalue weighted by atomic mass is 10.1. The van der Waals surface area contributed by atoms with E-state index in [-0.39, 0.29) is 22.4 Å². The highest BCUT2D eigenvalue weighted by atomic mass is 32.2. The summed E-state index contributed by atoms with van der Waals surface area (Å²) in [4.78, 5) is 19.9. The molecule has 0 aliphatic heterocycles. The van der Waals surface area contributed by atoms with Crippen molar-refractivity contribution in [3.8, 4) is 17.1 Å². The van der Waals surface area contributed by atoms with Crippen molar-refractivity contribution < 1.29 is 22.7 Å². The molecule has 0 radical (unpaired) electrons. The molecule has 0 unspecified atom stereocenters. The summed E-state index contributed by atoms with van der Waals surface area (Å²) >= 11 is 0. The van der Waals surface area contributed by atoms with E-state index in [4.69, 9.17) is 4.42 Å². The Kier molecular flexibility index (Phi) is 5.82. The third kappa shape index (κ3) is 4.90. The third-order valence-corrected chi connectivity index (χ3v) is 5.76. The molecular formula is C23H17N3O5S. The SMILES string of the molecule is O=C(/C=C/c1ccc(-c2ccc(S(=O)(=O)Nc3ncccn3)cc2)o1)c1ccc(O)cc1. The molecule has 0 saturated carbocycles. The fourth-order valence-electron chi connectivity index (χ4n) is 2.81. The molecule has 0 bridgehead atoms. The van der Waals surface area contributed by atoms with Crippen LogP contribution in [0.1, 0.15) is 16.1 Å². The molecule has 4 rings (SSSR count). The molecule has 32 heavy (non-hydrogen) atoms. The predicted octanol–water partition coefficient (Wildman–Crippen LogP) is 4.14. The summed E-state index contributed by atoms with van der Waals surface area (Å²) in [5.74, 6) is 0.828. The summed E-state index contributed by atoms with van der Waals surface area (Å²) in [6.45, 7) is 0. The van der Waals surface area contributed by atoms with E-state index in [9.17, 15) is 18.3 Å². The molecule has 0 aliphatic rings. The van der Waals surface area contributed by atoms with E-state index < -0.39 is 10.0 Å². The van der Waals surface area contributed by atoms with E-state index >= 15 is 0 Å². The third-order valence-electron chi connectivity index (χ3n) is 4.42. The zero-order valence-corrected chi connectivity index (χ0v) is 17.4. The van der Waals surface area contributed by atoms with Crippen molar-refractivity contribution in [1.82, 2.24) is 9.97 Å². The highest BCUT2D eigenvalue weighted by molar-refractivity contribution is 7.92. The van der Waals surface area contributed by atoms with Crippen molar-refractivity contribution in [2.24, 2.45) is 0 Å². The Morgan fingerprint density at radius 3 is 2.31 bits per heavy atom. The number of nitrogens with zero attached hydrogens (tertiary/aromatic N) is 2.